The summed E-state index contributed by atoms with van der Waals surface area (Å²) in [6, 6.07) is 0. The number of hydrogen-bond donors (Lipinski definition) is 1. The van der Waals surface area contributed by atoms with E-state index >= 15 is 0 Å². The van der Waals surface area contributed by atoms with Gasteiger partial charge in [0.2, 0.25) is 0 Å². The van der Waals surface area contributed by atoms with Gasteiger partial charge < -0.3 is 4.98 Å². The molecule has 2 nitrogen and oxygen atoms in total. The van der Waals surface area contributed by atoms with Crippen molar-refractivity contribution in [3.8, 4) is 0 Å². The molecule has 8 rings (SSSR count). The Labute approximate surface area is 181 Å². The molecule has 0 spiro atoms. The van der Waals surface area contributed by atoms with E-state index < -0.39 is 0 Å². The Hall–Kier alpha value is -2.09. The van der Waals surface area contributed by atoms with Crippen LogP contribution in [0.2, 0.25) is 0 Å². The summed E-state index contributed by atoms with van der Waals surface area (Å²) in [5.74, 6) is 2.38. The fourth-order valence-electron chi connectivity index (χ4n) is 6.96. The molecule has 1 aromatic heterocycles. The van der Waals surface area contributed by atoms with Crippen molar-refractivity contribution in [1.29, 1.82) is 0 Å². The lowest BCUT2D eigenvalue weighted by Gasteiger charge is -2.34. The van der Waals surface area contributed by atoms with Crippen LogP contribution in [-0.2, 0) is 0 Å². The van der Waals surface area contributed by atoms with Crippen molar-refractivity contribution >= 4 is 11.3 Å². The van der Waals surface area contributed by atoms with Crippen molar-refractivity contribution in [2.45, 2.75) is 84.0 Å². The standard InChI is InChI=1S/C28H34N2/c1-4-5-6-7-22(27-25-20-12-8-18(9-13-20)23(25)16(2)29-27)28-26-21-14-10-19(11-15-21)24(26)17(3)30-28/h8,10,12,14,18-21,29H,4-7,9,11,13,15H2,1-3H3/b28-22+. The largest absolute Gasteiger partial charge is 0.358 e. The first-order chi connectivity index (χ1) is 14.7. The molecule has 2 heterocycles. The van der Waals surface area contributed by atoms with E-state index in [9.17, 15) is 0 Å². The van der Waals surface area contributed by atoms with E-state index in [1.165, 1.54) is 73.3 Å². The van der Waals surface area contributed by atoms with Crippen LogP contribution in [0.3, 0.4) is 0 Å². The predicted molar refractivity (Wildman–Crippen MR) is 126 cm³/mol. The van der Waals surface area contributed by atoms with Gasteiger partial charge >= 0.3 is 0 Å². The number of allylic oxidation sites excluding steroid dienone is 7. The maximum atomic E-state index is 5.29. The van der Waals surface area contributed by atoms with Gasteiger partial charge in [0.15, 0.2) is 0 Å². The average molecular weight is 399 g/mol. The van der Waals surface area contributed by atoms with E-state index in [4.69, 9.17) is 4.99 Å². The van der Waals surface area contributed by atoms with Crippen molar-refractivity contribution in [3.63, 3.8) is 0 Å². The molecule has 156 valence electrons. The van der Waals surface area contributed by atoms with Gasteiger partial charge in [0.05, 0.1) is 5.70 Å². The highest BCUT2D eigenvalue weighted by Gasteiger charge is 2.40. The van der Waals surface area contributed by atoms with E-state index in [2.05, 4.69) is 50.1 Å². The molecule has 0 saturated heterocycles. The molecule has 1 N–H and O–H groups in total. The minimum Gasteiger partial charge on any atom is -0.358 e. The molecule has 1 aliphatic heterocycles. The lowest BCUT2D eigenvalue weighted by atomic mass is 9.69. The third kappa shape index (κ3) is 2.58. The zero-order chi connectivity index (χ0) is 20.4. The number of unbranched alkanes of at least 4 members (excludes halogenated alkanes) is 2. The van der Waals surface area contributed by atoms with Gasteiger partial charge in [-0.1, -0.05) is 44.1 Å². The van der Waals surface area contributed by atoms with Gasteiger partial charge in [-0.05, 0) is 74.6 Å². The zero-order valence-corrected chi connectivity index (χ0v) is 18.7. The lowest BCUT2D eigenvalue weighted by molar-refractivity contribution is 0.501. The lowest BCUT2D eigenvalue weighted by Crippen LogP contribution is -2.23. The van der Waals surface area contributed by atoms with Crippen molar-refractivity contribution in [1.82, 2.24) is 4.98 Å². The fraction of sp³-hybridized carbons (Fsp3) is 0.536. The minimum atomic E-state index is 0.575. The van der Waals surface area contributed by atoms with E-state index in [-0.39, 0.29) is 0 Å². The highest BCUT2D eigenvalue weighted by Crippen LogP contribution is 2.53. The summed E-state index contributed by atoms with van der Waals surface area (Å²) in [7, 11) is 0. The fourth-order valence-corrected chi connectivity index (χ4v) is 6.96. The third-order valence-electron chi connectivity index (χ3n) is 8.32. The maximum absolute atomic E-state index is 5.29. The second-order valence-electron chi connectivity index (χ2n) is 10.1. The number of aromatic nitrogens is 1. The first-order valence-electron chi connectivity index (χ1n) is 12.3. The molecule has 4 unspecified atom stereocenters. The van der Waals surface area contributed by atoms with Crippen LogP contribution >= 0.6 is 0 Å². The van der Waals surface area contributed by atoms with Gasteiger partial charge in [-0.15, -0.1) is 0 Å². The van der Waals surface area contributed by atoms with Crippen molar-refractivity contribution in [2.24, 2.45) is 16.8 Å². The monoisotopic (exact) mass is 398 g/mol. The molecule has 4 atom stereocenters. The minimum absolute atomic E-state index is 0.575. The molecule has 1 aromatic rings. The Balaban J connectivity index is 1.54. The number of rotatable bonds is 5. The third-order valence-corrected chi connectivity index (χ3v) is 8.32. The Morgan fingerprint density at radius 1 is 0.867 bits per heavy atom. The van der Waals surface area contributed by atoms with Gasteiger partial charge in [-0.25, -0.2) is 0 Å². The molecule has 2 heteroatoms. The molecule has 0 radical (unpaired) electrons. The summed E-state index contributed by atoms with van der Waals surface area (Å²) < 4.78 is 0. The van der Waals surface area contributed by atoms with Gasteiger partial charge in [-0.3, -0.25) is 4.99 Å². The topological polar surface area (TPSA) is 28.1 Å². The summed E-state index contributed by atoms with van der Waals surface area (Å²) >= 11 is 0. The average Bonchev–Trinajstić information content (AvgIpc) is 3.34. The first-order valence-corrected chi connectivity index (χ1v) is 12.3. The summed E-state index contributed by atoms with van der Waals surface area (Å²) in [5.41, 5.74) is 13.3. The van der Waals surface area contributed by atoms with Crippen LogP contribution in [0.25, 0.3) is 5.57 Å². The number of H-pyrrole nitrogens is 1. The number of nitrogens with zero attached hydrogens (tertiary/aromatic N) is 1. The van der Waals surface area contributed by atoms with Crippen LogP contribution in [0, 0.1) is 18.8 Å². The molecule has 0 aromatic carbocycles. The van der Waals surface area contributed by atoms with Crippen LogP contribution < -0.4 is 0 Å². The molecule has 4 bridgehead atoms. The first kappa shape index (κ1) is 18.7. The zero-order valence-electron chi connectivity index (χ0n) is 18.7. The Morgan fingerprint density at radius 3 is 2.17 bits per heavy atom. The van der Waals surface area contributed by atoms with Gasteiger partial charge in [0, 0.05) is 46.3 Å². The number of hydrogen-bond acceptors (Lipinski definition) is 1. The van der Waals surface area contributed by atoms with E-state index in [1.807, 2.05) is 0 Å². The highest BCUT2D eigenvalue weighted by molar-refractivity contribution is 6.06. The highest BCUT2D eigenvalue weighted by atomic mass is 14.8. The second kappa shape index (κ2) is 6.97. The summed E-state index contributed by atoms with van der Waals surface area (Å²) in [4.78, 5) is 9.20. The van der Waals surface area contributed by atoms with E-state index in [1.54, 1.807) is 22.3 Å². The van der Waals surface area contributed by atoms with Crippen molar-refractivity contribution < 1.29 is 0 Å². The number of fused-ring (bicyclic) bond motifs is 2. The second-order valence-corrected chi connectivity index (χ2v) is 10.1. The Kier molecular flexibility index (Phi) is 4.34. The molecule has 30 heavy (non-hydrogen) atoms. The SMILES string of the molecule is CCCCC/C(=C1\N=C(C)C2=C1C1C=CC2CC1)c1[nH]c(C)c2c1C1C=CC2CC1. The smallest absolute Gasteiger partial charge is 0.0727 e. The van der Waals surface area contributed by atoms with Crippen LogP contribution in [-0.4, -0.2) is 10.7 Å². The number of aromatic amines is 1. The van der Waals surface area contributed by atoms with Gasteiger partial charge in [-0.2, -0.15) is 0 Å². The molecule has 6 aliphatic carbocycles. The molecule has 7 aliphatic rings. The Bertz CT molecular complexity index is 1050. The van der Waals surface area contributed by atoms with Crippen molar-refractivity contribution in [2.75, 3.05) is 0 Å². The molecular weight excluding hydrogens is 364 g/mol. The van der Waals surface area contributed by atoms with E-state index in [0.29, 0.717) is 23.7 Å². The number of aliphatic imine (C=N–C) groups is 1. The van der Waals surface area contributed by atoms with Gasteiger partial charge in [0.1, 0.15) is 0 Å². The van der Waals surface area contributed by atoms with Crippen LogP contribution in [0.15, 0.2) is 46.1 Å². The maximum Gasteiger partial charge on any atom is 0.0727 e. The van der Waals surface area contributed by atoms with Crippen LogP contribution in [0.4, 0.5) is 0 Å². The number of nitrogens with one attached hydrogen (secondary N) is 1. The summed E-state index contributed by atoms with van der Waals surface area (Å²) in [6.45, 7) is 6.85. The normalized spacial score (nSPS) is 32.0. The van der Waals surface area contributed by atoms with Crippen LogP contribution in [0.5, 0.6) is 0 Å². The summed E-state index contributed by atoms with van der Waals surface area (Å²) in [5, 5.41) is 0. The Morgan fingerprint density at radius 2 is 1.50 bits per heavy atom. The van der Waals surface area contributed by atoms with Crippen molar-refractivity contribution in [3.05, 3.63) is 63.7 Å². The predicted octanol–water partition coefficient (Wildman–Crippen LogP) is 7.51. The van der Waals surface area contributed by atoms with E-state index in [0.717, 1.165) is 6.42 Å². The van der Waals surface area contributed by atoms with Crippen LogP contribution in [0.1, 0.15) is 99.6 Å². The molecule has 0 fully saturated rings. The number of aryl methyl sites for hydroxylation is 1. The molecular formula is C28H34N2. The summed E-state index contributed by atoms with van der Waals surface area (Å²) in [6.07, 6.45) is 20.1. The van der Waals surface area contributed by atoms with Gasteiger partial charge in [0.25, 0.3) is 0 Å². The molecule has 0 saturated carbocycles. The quantitative estimate of drug-likeness (QED) is 0.392. The molecule has 0 amide bonds.